The fourth-order valence-electron chi connectivity index (χ4n) is 4.31. The Morgan fingerprint density at radius 3 is 2.42 bits per heavy atom. The summed E-state index contributed by atoms with van der Waals surface area (Å²) in [5.74, 6) is -3.01. The van der Waals surface area contributed by atoms with Crippen molar-refractivity contribution >= 4 is 29.0 Å². The lowest BCUT2D eigenvalue weighted by atomic mass is 9.97. The van der Waals surface area contributed by atoms with E-state index in [1.54, 1.807) is 24.0 Å². The topological polar surface area (TPSA) is 87.4 Å². The van der Waals surface area contributed by atoms with E-state index in [9.17, 15) is 18.0 Å². The number of alkyl halides is 2. The third kappa shape index (κ3) is 5.31. The lowest BCUT2D eigenvalue weighted by molar-refractivity contribution is -0.0222. The minimum Gasteiger partial charge on any atom is -0.399 e. The first kappa shape index (κ1) is 23.1. The van der Waals surface area contributed by atoms with Gasteiger partial charge in [-0.05, 0) is 37.8 Å². The minimum atomic E-state index is -2.69. The molecule has 2 aliphatic rings. The molecule has 10 heteroatoms. The van der Waals surface area contributed by atoms with Crippen LogP contribution in [0.5, 0.6) is 0 Å². The molecule has 1 aromatic carbocycles. The summed E-state index contributed by atoms with van der Waals surface area (Å²) in [7, 11) is 0. The number of aryl methyl sites for hydroxylation is 1. The molecular weight excluding hydrogens is 433 g/mol. The van der Waals surface area contributed by atoms with Crippen molar-refractivity contribution in [3.63, 3.8) is 0 Å². The summed E-state index contributed by atoms with van der Waals surface area (Å²) in [4.78, 5) is 25.5. The van der Waals surface area contributed by atoms with E-state index in [0.717, 1.165) is 18.9 Å². The number of benzene rings is 1. The zero-order chi connectivity index (χ0) is 23.8. The first-order valence-electron chi connectivity index (χ1n) is 11.2. The Labute approximate surface area is 191 Å². The molecule has 0 radical (unpaired) electrons. The van der Waals surface area contributed by atoms with Crippen LogP contribution in [0.3, 0.4) is 0 Å². The van der Waals surface area contributed by atoms with Crippen molar-refractivity contribution in [1.82, 2.24) is 9.97 Å². The van der Waals surface area contributed by atoms with E-state index < -0.39 is 17.6 Å². The van der Waals surface area contributed by atoms with Gasteiger partial charge in [0.15, 0.2) is 0 Å². The standard InChI is InChI=1S/C23H29F3N6O/c1-14-3-7-31(8-4-14)18-13-16(27)12-17(24)20(18)21(33)29-19-11-15(2)28-22(30-19)32-9-5-23(25,26)6-10-32/h11-14H,3-10,27H2,1-2H3,(H,28,29,30,33). The molecule has 3 heterocycles. The number of nitrogens with one attached hydrogen (secondary N) is 1. The molecule has 0 spiro atoms. The molecule has 2 aromatic rings. The van der Waals surface area contributed by atoms with Gasteiger partial charge in [-0.3, -0.25) is 4.79 Å². The van der Waals surface area contributed by atoms with E-state index in [2.05, 4.69) is 22.2 Å². The number of carbonyl (C=O) groups excluding carboxylic acids is 1. The van der Waals surface area contributed by atoms with Crippen molar-refractivity contribution in [3.8, 4) is 0 Å². The highest BCUT2D eigenvalue weighted by Gasteiger charge is 2.35. The SMILES string of the molecule is Cc1cc(NC(=O)c2c(F)cc(N)cc2N2CCC(C)CC2)nc(N2CCC(F)(F)CC2)n1. The second kappa shape index (κ2) is 9.07. The van der Waals surface area contributed by atoms with Crippen molar-refractivity contribution in [2.24, 2.45) is 5.92 Å². The summed E-state index contributed by atoms with van der Waals surface area (Å²) >= 11 is 0. The Kier molecular flexibility index (Phi) is 6.36. The third-order valence-electron chi connectivity index (χ3n) is 6.30. The summed E-state index contributed by atoms with van der Waals surface area (Å²) in [6.45, 7) is 5.55. The maximum Gasteiger partial charge on any atom is 0.261 e. The number of nitrogens with two attached hydrogens (primary N) is 1. The second-order valence-corrected chi connectivity index (χ2v) is 9.06. The normalized spacial score (nSPS) is 18.9. The monoisotopic (exact) mass is 462 g/mol. The number of piperidine rings is 2. The Bertz CT molecular complexity index is 1030. The van der Waals surface area contributed by atoms with Crippen LogP contribution in [0.4, 0.5) is 36.3 Å². The molecule has 178 valence electrons. The number of hydrogen-bond donors (Lipinski definition) is 2. The van der Waals surface area contributed by atoms with Crippen LogP contribution in [0.25, 0.3) is 0 Å². The summed E-state index contributed by atoms with van der Waals surface area (Å²) < 4.78 is 42.0. The van der Waals surface area contributed by atoms with Gasteiger partial charge in [-0.2, -0.15) is 4.98 Å². The van der Waals surface area contributed by atoms with E-state index in [-0.39, 0.29) is 48.9 Å². The predicted molar refractivity (Wildman–Crippen MR) is 123 cm³/mol. The summed E-state index contributed by atoms with van der Waals surface area (Å²) in [5, 5.41) is 2.67. The number of carbonyl (C=O) groups is 1. The van der Waals surface area contributed by atoms with Gasteiger partial charge in [-0.25, -0.2) is 18.2 Å². The Morgan fingerprint density at radius 1 is 1.09 bits per heavy atom. The molecule has 0 aliphatic carbocycles. The highest BCUT2D eigenvalue weighted by molar-refractivity contribution is 6.08. The number of rotatable bonds is 4. The van der Waals surface area contributed by atoms with Crippen LogP contribution in [0.15, 0.2) is 18.2 Å². The van der Waals surface area contributed by atoms with Gasteiger partial charge in [0, 0.05) is 56.5 Å². The molecule has 0 bridgehead atoms. The van der Waals surface area contributed by atoms with Crippen LogP contribution in [-0.4, -0.2) is 48.0 Å². The third-order valence-corrected chi connectivity index (χ3v) is 6.30. The van der Waals surface area contributed by atoms with Gasteiger partial charge < -0.3 is 20.9 Å². The van der Waals surface area contributed by atoms with E-state index in [0.29, 0.717) is 30.4 Å². The van der Waals surface area contributed by atoms with E-state index in [1.165, 1.54) is 0 Å². The first-order chi connectivity index (χ1) is 15.6. The largest absolute Gasteiger partial charge is 0.399 e. The molecule has 7 nitrogen and oxygen atoms in total. The van der Waals surface area contributed by atoms with Crippen LogP contribution < -0.4 is 20.9 Å². The van der Waals surface area contributed by atoms with E-state index >= 15 is 0 Å². The van der Waals surface area contributed by atoms with Crippen LogP contribution >= 0.6 is 0 Å². The van der Waals surface area contributed by atoms with Gasteiger partial charge in [0.25, 0.3) is 11.8 Å². The summed E-state index contributed by atoms with van der Waals surface area (Å²) in [6, 6.07) is 4.32. The molecule has 0 unspecified atom stereocenters. The van der Waals surface area contributed by atoms with E-state index in [4.69, 9.17) is 5.73 Å². The highest BCUT2D eigenvalue weighted by Crippen LogP contribution is 2.32. The Balaban J connectivity index is 1.58. The van der Waals surface area contributed by atoms with Crippen molar-refractivity contribution in [3.05, 3.63) is 35.3 Å². The van der Waals surface area contributed by atoms with Crippen molar-refractivity contribution in [2.45, 2.75) is 45.5 Å². The van der Waals surface area contributed by atoms with Gasteiger partial charge in [-0.1, -0.05) is 6.92 Å². The lowest BCUT2D eigenvalue weighted by Crippen LogP contribution is -2.40. The average Bonchev–Trinajstić information content (AvgIpc) is 2.73. The Morgan fingerprint density at radius 2 is 1.76 bits per heavy atom. The predicted octanol–water partition coefficient (Wildman–Crippen LogP) is 4.23. The second-order valence-electron chi connectivity index (χ2n) is 9.06. The van der Waals surface area contributed by atoms with Crippen LogP contribution in [0, 0.1) is 18.7 Å². The van der Waals surface area contributed by atoms with Crippen LogP contribution in [0.2, 0.25) is 0 Å². The number of amides is 1. The molecule has 1 aromatic heterocycles. The van der Waals surface area contributed by atoms with Gasteiger partial charge in [0.1, 0.15) is 11.6 Å². The quantitative estimate of drug-likeness (QED) is 0.662. The number of halogens is 3. The van der Waals surface area contributed by atoms with Crippen LogP contribution in [-0.2, 0) is 0 Å². The van der Waals surface area contributed by atoms with Crippen molar-refractivity contribution in [1.29, 1.82) is 0 Å². The number of aromatic nitrogens is 2. The molecule has 0 atom stereocenters. The molecule has 2 aliphatic heterocycles. The zero-order valence-electron chi connectivity index (χ0n) is 18.9. The molecule has 3 N–H and O–H groups in total. The fraction of sp³-hybridized carbons (Fsp3) is 0.522. The fourth-order valence-corrected chi connectivity index (χ4v) is 4.31. The number of anilines is 4. The van der Waals surface area contributed by atoms with Crippen molar-refractivity contribution < 1.29 is 18.0 Å². The van der Waals surface area contributed by atoms with Crippen LogP contribution in [0.1, 0.15) is 48.7 Å². The smallest absolute Gasteiger partial charge is 0.261 e. The molecule has 4 rings (SSSR count). The molecule has 2 saturated heterocycles. The molecule has 0 saturated carbocycles. The maximum atomic E-state index is 14.9. The zero-order valence-corrected chi connectivity index (χ0v) is 18.9. The number of nitrogen functional groups attached to an aromatic ring is 1. The minimum absolute atomic E-state index is 0.0887. The summed E-state index contributed by atoms with van der Waals surface area (Å²) in [6.07, 6.45) is 1.34. The average molecular weight is 463 g/mol. The molecule has 1 amide bonds. The van der Waals surface area contributed by atoms with Crippen molar-refractivity contribution in [2.75, 3.05) is 47.0 Å². The van der Waals surface area contributed by atoms with Gasteiger partial charge in [0.05, 0.1) is 11.3 Å². The number of nitrogens with zero attached hydrogens (tertiary/aromatic N) is 4. The van der Waals surface area contributed by atoms with Gasteiger partial charge in [0.2, 0.25) is 5.95 Å². The molecule has 2 fully saturated rings. The van der Waals surface area contributed by atoms with Gasteiger partial charge in [-0.15, -0.1) is 0 Å². The highest BCUT2D eigenvalue weighted by atomic mass is 19.3. The maximum absolute atomic E-state index is 14.9. The molecule has 33 heavy (non-hydrogen) atoms. The van der Waals surface area contributed by atoms with E-state index in [1.807, 2.05) is 4.90 Å². The first-order valence-corrected chi connectivity index (χ1v) is 11.2. The molecular formula is C23H29F3N6O. The Hall–Kier alpha value is -3.04. The lowest BCUT2D eigenvalue weighted by Gasteiger charge is -2.33. The van der Waals surface area contributed by atoms with Gasteiger partial charge >= 0.3 is 0 Å². The summed E-state index contributed by atoms with van der Waals surface area (Å²) in [5.41, 5.74) is 7.06. The number of hydrogen-bond acceptors (Lipinski definition) is 6.